The molecule has 0 aliphatic carbocycles. The molecule has 0 spiro atoms. The van der Waals surface area contributed by atoms with Gasteiger partial charge in [-0.3, -0.25) is 9.52 Å². The molecule has 0 unspecified atom stereocenters. The summed E-state index contributed by atoms with van der Waals surface area (Å²) in [4.78, 5) is 11.8. The quantitative estimate of drug-likeness (QED) is 0.848. The Morgan fingerprint density at radius 1 is 1.17 bits per heavy atom. The van der Waals surface area contributed by atoms with Gasteiger partial charge < -0.3 is 10.1 Å². The minimum absolute atomic E-state index is 0.0671. The van der Waals surface area contributed by atoms with E-state index in [1.807, 2.05) is 0 Å². The molecule has 0 saturated heterocycles. The molecule has 1 amide bonds. The first-order valence-corrected chi connectivity index (χ1v) is 9.14. The number of hydrogen-bond acceptors (Lipinski definition) is 4. The third kappa shape index (κ3) is 3.28. The number of rotatable bonds is 3. The number of carbonyl (C=O) groups excluding carboxylic acids is 1. The van der Waals surface area contributed by atoms with Crippen LogP contribution in [0.1, 0.15) is 10.4 Å². The molecule has 6 nitrogen and oxygen atoms in total. The second-order valence-electron chi connectivity index (χ2n) is 4.97. The van der Waals surface area contributed by atoms with Crippen molar-refractivity contribution in [2.45, 2.75) is 4.90 Å². The van der Waals surface area contributed by atoms with Gasteiger partial charge in [0.15, 0.2) is 0 Å². The third-order valence-corrected chi connectivity index (χ3v) is 5.68. The van der Waals surface area contributed by atoms with Crippen molar-refractivity contribution in [1.82, 2.24) is 5.32 Å². The number of nitrogens with one attached hydrogen (secondary N) is 2. The van der Waals surface area contributed by atoms with Gasteiger partial charge in [-0.15, -0.1) is 0 Å². The SMILES string of the molecule is O=C1NCCOc2ccc(NS(=O)(=O)c3cccc(Cl)c3Cl)cc21. The molecule has 3 rings (SSSR count). The normalized spacial score (nSPS) is 14.2. The zero-order valence-corrected chi connectivity index (χ0v) is 14.5. The molecule has 0 fully saturated rings. The molecular weight excluding hydrogens is 375 g/mol. The molecule has 0 radical (unpaired) electrons. The van der Waals surface area contributed by atoms with E-state index in [1.54, 1.807) is 0 Å². The summed E-state index contributed by atoms with van der Waals surface area (Å²) in [6, 6.07) is 8.78. The molecule has 0 bridgehead atoms. The zero-order chi connectivity index (χ0) is 17.3. The van der Waals surface area contributed by atoms with Crippen molar-refractivity contribution in [2.75, 3.05) is 17.9 Å². The third-order valence-electron chi connectivity index (χ3n) is 3.33. The second-order valence-corrected chi connectivity index (χ2v) is 7.41. The molecule has 1 heterocycles. The highest BCUT2D eigenvalue weighted by Crippen LogP contribution is 2.31. The highest BCUT2D eigenvalue weighted by atomic mass is 35.5. The Morgan fingerprint density at radius 2 is 1.96 bits per heavy atom. The largest absolute Gasteiger partial charge is 0.491 e. The lowest BCUT2D eigenvalue weighted by Crippen LogP contribution is -2.24. The van der Waals surface area contributed by atoms with Crippen LogP contribution in [0.5, 0.6) is 5.75 Å². The van der Waals surface area contributed by atoms with E-state index in [9.17, 15) is 13.2 Å². The van der Waals surface area contributed by atoms with Crippen LogP contribution in [0.3, 0.4) is 0 Å². The van der Waals surface area contributed by atoms with Crippen LogP contribution in [0.15, 0.2) is 41.3 Å². The fourth-order valence-corrected chi connectivity index (χ4v) is 4.03. The maximum atomic E-state index is 12.5. The first kappa shape index (κ1) is 16.9. The van der Waals surface area contributed by atoms with Crippen LogP contribution in [0, 0.1) is 0 Å². The van der Waals surface area contributed by atoms with Crippen molar-refractivity contribution >= 4 is 44.8 Å². The van der Waals surface area contributed by atoms with E-state index in [0.717, 1.165) is 0 Å². The van der Waals surface area contributed by atoms with Gasteiger partial charge in [0, 0.05) is 5.69 Å². The fraction of sp³-hybridized carbons (Fsp3) is 0.133. The Kier molecular flexibility index (Phi) is 4.58. The average Bonchev–Trinajstić information content (AvgIpc) is 2.71. The van der Waals surface area contributed by atoms with Crippen LogP contribution in [0.4, 0.5) is 5.69 Å². The molecule has 24 heavy (non-hydrogen) atoms. The van der Waals surface area contributed by atoms with Gasteiger partial charge in [-0.1, -0.05) is 29.3 Å². The van der Waals surface area contributed by atoms with E-state index in [2.05, 4.69) is 10.0 Å². The number of hydrogen-bond donors (Lipinski definition) is 2. The van der Waals surface area contributed by atoms with Crippen molar-refractivity contribution in [3.8, 4) is 5.75 Å². The minimum Gasteiger partial charge on any atom is -0.491 e. The number of halogens is 2. The molecule has 0 atom stereocenters. The number of amides is 1. The molecule has 1 aliphatic heterocycles. The van der Waals surface area contributed by atoms with Crippen molar-refractivity contribution in [2.24, 2.45) is 0 Å². The molecule has 2 N–H and O–H groups in total. The molecule has 9 heteroatoms. The summed E-state index contributed by atoms with van der Waals surface area (Å²) in [5.41, 5.74) is 0.468. The van der Waals surface area contributed by atoms with Crippen LogP contribution in [0.25, 0.3) is 0 Å². The van der Waals surface area contributed by atoms with Crippen LogP contribution >= 0.6 is 23.2 Å². The number of fused-ring (bicyclic) bond motifs is 1. The summed E-state index contributed by atoms with van der Waals surface area (Å²) in [6.45, 7) is 0.731. The molecule has 2 aromatic carbocycles. The monoisotopic (exact) mass is 386 g/mol. The Morgan fingerprint density at radius 3 is 2.75 bits per heavy atom. The van der Waals surface area contributed by atoms with Gasteiger partial charge in [0.1, 0.15) is 17.3 Å². The Balaban J connectivity index is 1.96. The summed E-state index contributed by atoms with van der Waals surface area (Å²) in [5, 5.41) is 2.73. The summed E-state index contributed by atoms with van der Waals surface area (Å²) in [6.07, 6.45) is 0. The van der Waals surface area contributed by atoms with E-state index < -0.39 is 10.0 Å². The molecule has 1 aliphatic rings. The van der Waals surface area contributed by atoms with Gasteiger partial charge in [0.25, 0.3) is 15.9 Å². The van der Waals surface area contributed by atoms with Gasteiger partial charge in [0.2, 0.25) is 0 Å². The van der Waals surface area contributed by atoms with E-state index in [4.69, 9.17) is 27.9 Å². The first-order chi connectivity index (χ1) is 11.4. The standard InChI is InChI=1S/C15H12Cl2N2O4S/c16-11-2-1-3-13(14(11)17)24(21,22)19-9-4-5-12-10(8-9)15(20)18-6-7-23-12/h1-5,8,19H,6-7H2,(H,18,20). The van der Waals surface area contributed by atoms with Crippen molar-refractivity contribution in [1.29, 1.82) is 0 Å². The smallest absolute Gasteiger partial charge is 0.263 e. The minimum atomic E-state index is -3.96. The Bertz CT molecular complexity index is 916. The highest BCUT2D eigenvalue weighted by molar-refractivity contribution is 7.92. The number of carbonyl (C=O) groups is 1. The van der Waals surface area contributed by atoms with E-state index in [1.165, 1.54) is 36.4 Å². The number of anilines is 1. The van der Waals surface area contributed by atoms with E-state index in [-0.39, 0.29) is 32.1 Å². The first-order valence-electron chi connectivity index (χ1n) is 6.90. The second kappa shape index (κ2) is 6.51. The van der Waals surface area contributed by atoms with Gasteiger partial charge in [-0.25, -0.2) is 8.42 Å². The summed E-state index contributed by atoms with van der Waals surface area (Å²) < 4.78 is 32.8. The molecule has 126 valence electrons. The van der Waals surface area contributed by atoms with Gasteiger partial charge >= 0.3 is 0 Å². The molecular formula is C15H12Cl2N2O4S. The van der Waals surface area contributed by atoms with Gasteiger partial charge in [-0.2, -0.15) is 0 Å². The predicted molar refractivity (Wildman–Crippen MR) is 91.5 cm³/mol. The number of ether oxygens (including phenoxy) is 1. The Hall–Kier alpha value is -1.96. The Labute approximate surface area is 148 Å². The van der Waals surface area contributed by atoms with Crippen molar-refractivity contribution < 1.29 is 17.9 Å². The molecule has 0 aromatic heterocycles. The predicted octanol–water partition coefficient (Wildman–Crippen LogP) is 2.92. The van der Waals surface area contributed by atoms with E-state index in [0.29, 0.717) is 18.9 Å². The van der Waals surface area contributed by atoms with Crippen LogP contribution in [-0.2, 0) is 10.0 Å². The topological polar surface area (TPSA) is 84.5 Å². The fourth-order valence-electron chi connectivity index (χ4n) is 2.22. The summed E-state index contributed by atoms with van der Waals surface area (Å²) in [5.74, 6) is 0.0677. The van der Waals surface area contributed by atoms with Crippen LogP contribution in [0.2, 0.25) is 10.0 Å². The lowest BCUT2D eigenvalue weighted by Gasteiger charge is -2.12. The lowest BCUT2D eigenvalue weighted by molar-refractivity contribution is 0.0957. The van der Waals surface area contributed by atoms with Crippen molar-refractivity contribution in [3.05, 3.63) is 52.0 Å². The number of benzene rings is 2. The van der Waals surface area contributed by atoms with Crippen LogP contribution < -0.4 is 14.8 Å². The maximum absolute atomic E-state index is 12.5. The lowest BCUT2D eigenvalue weighted by atomic mass is 10.1. The molecule has 0 saturated carbocycles. The van der Waals surface area contributed by atoms with Gasteiger partial charge in [0.05, 0.1) is 22.2 Å². The zero-order valence-electron chi connectivity index (χ0n) is 12.2. The van der Waals surface area contributed by atoms with Crippen LogP contribution in [-0.4, -0.2) is 27.5 Å². The van der Waals surface area contributed by atoms with Crippen molar-refractivity contribution in [3.63, 3.8) is 0 Å². The van der Waals surface area contributed by atoms with Gasteiger partial charge in [-0.05, 0) is 30.3 Å². The summed E-state index contributed by atoms with van der Waals surface area (Å²) >= 11 is 11.8. The maximum Gasteiger partial charge on any atom is 0.263 e. The number of sulfonamides is 1. The highest BCUT2D eigenvalue weighted by Gasteiger charge is 2.22. The summed E-state index contributed by atoms with van der Waals surface area (Å²) in [7, 11) is -3.96. The average molecular weight is 387 g/mol. The van der Waals surface area contributed by atoms with E-state index >= 15 is 0 Å². The molecule has 2 aromatic rings.